The molecule has 0 saturated heterocycles. The van der Waals surface area contributed by atoms with Gasteiger partial charge in [-0.1, -0.05) is 125 Å². The minimum atomic E-state index is -3.26. The summed E-state index contributed by atoms with van der Waals surface area (Å²) in [5.41, 5.74) is 5.31. The maximum absolute atomic E-state index is 11.0. The molecule has 0 radical (unpaired) electrons. The van der Waals surface area contributed by atoms with Crippen molar-refractivity contribution in [1.82, 2.24) is 0 Å². The topological polar surface area (TPSA) is 139 Å². The van der Waals surface area contributed by atoms with Crippen molar-refractivity contribution < 1.29 is 54.7 Å². The molecule has 0 spiro atoms. The molecule has 0 aromatic heterocycles. The van der Waals surface area contributed by atoms with Gasteiger partial charge in [0.1, 0.15) is 28.0 Å². The third-order valence-electron chi connectivity index (χ3n) is 8.07. The monoisotopic (exact) mass is 768 g/mol. The van der Waals surface area contributed by atoms with E-state index in [1.165, 1.54) is 0 Å². The largest absolute Gasteiger partial charge is 2.00 e. The first-order valence-electron chi connectivity index (χ1n) is 16.6. The molecule has 2 aromatic carbocycles. The van der Waals surface area contributed by atoms with E-state index in [4.69, 9.17) is 9.05 Å². The van der Waals surface area contributed by atoms with E-state index in [2.05, 4.69) is 83.1 Å². The van der Waals surface area contributed by atoms with Crippen molar-refractivity contribution in [2.45, 2.75) is 170 Å². The molecule has 0 saturated carbocycles. The van der Waals surface area contributed by atoms with Gasteiger partial charge in [-0.3, -0.25) is 0 Å². The van der Waals surface area contributed by atoms with Gasteiger partial charge in [0.25, 0.3) is 0 Å². The van der Waals surface area contributed by atoms with Crippen LogP contribution in [0.1, 0.15) is 169 Å². The molecule has 49 heavy (non-hydrogen) atoms. The van der Waals surface area contributed by atoms with Gasteiger partial charge in [0.2, 0.25) is 0 Å². The van der Waals surface area contributed by atoms with E-state index in [-0.39, 0.29) is 62.2 Å². The summed E-state index contributed by atoms with van der Waals surface area (Å²) in [6.45, 7) is 37.0. The van der Waals surface area contributed by atoms with Gasteiger partial charge in [0.15, 0.2) is 0 Å². The molecule has 2 aromatic rings. The van der Waals surface area contributed by atoms with Gasteiger partial charge in [-0.05, 0) is 78.0 Å². The molecule has 0 heterocycles. The molecule has 284 valence electrons. The summed E-state index contributed by atoms with van der Waals surface area (Å²) in [5.74, 6) is 0.608. The van der Waals surface area contributed by atoms with E-state index < -0.39 is 16.5 Å². The molecule has 8 nitrogen and oxygen atoms in total. The quantitative estimate of drug-likeness (QED) is 0.219. The Balaban J connectivity index is 0.000000922. The molecule has 11 heteroatoms. The average molecular weight is 770 g/mol. The van der Waals surface area contributed by atoms with Gasteiger partial charge >= 0.3 is 16.5 Å². The second-order valence-electron chi connectivity index (χ2n) is 18.9. The van der Waals surface area contributed by atoms with Crippen molar-refractivity contribution in [3.63, 3.8) is 0 Å². The smallest absolute Gasteiger partial charge is 0.781 e. The molecule has 0 aliphatic heterocycles. The Kier molecular flexibility index (Phi) is 16.3. The fraction of sp³-hybridized carbons (Fsp3) is 0.684. The summed E-state index contributed by atoms with van der Waals surface area (Å²) < 4.78 is 31.8. The molecule has 0 aliphatic rings. The van der Waals surface area contributed by atoms with E-state index in [1.54, 1.807) is 0 Å². The molecule has 0 bridgehead atoms. The fourth-order valence-corrected chi connectivity index (χ4v) is 6.82. The first-order chi connectivity index (χ1) is 21.1. The van der Waals surface area contributed by atoms with Crippen LogP contribution >= 0.6 is 16.5 Å². The van der Waals surface area contributed by atoms with E-state index in [0.717, 1.165) is 44.5 Å². The Labute approximate surface area is 308 Å². The Bertz CT molecular complexity index is 1380. The Morgan fingerprint density at radius 3 is 0.878 bits per heavy atom. The molecule has 0 aliphatic carbocycles. The average Bonchev–Trinajstić information content (AvgIpc) is 2.82. The third-order valence-corrected chi connectivity index (χ3v) is 8.83. The summed E-state index contributed by atoms with van der Waals surface area (Å²) >= 11 is 0. The maximum Gasteiger partial charge on any atom is 2.00 e. The van der Waals surface area contributed by atoms with Gasteiger partial charge in [-0.15, -0.1) is 0 Å². The van der Waals surface area contributed by atoms with Crippen molar-refractivity contribution >= 4 is 16.5 Å². The van der Waals surface area contributed by atoms with Crippen LogP contribution in [0.15, 0.2) is 12.1 Å². The summed E-state index contributed by atoms with van der Waals surface area (Å²) in [5, 5.41) is 22.1. The Hall–Kier alpha value is -1.17. The zero-order chi connectivity index (χ0) is 38.2. The van der Waals surface area contributed by atoms with Gasteiger partial charge in [0.05, 0.1) is 13.2 Å². The van der Waals surface area contributed by atoms with Crippen LogP contribution in [0.4, 0.5) is 0 Å². The van der Waals surface area contributed by atoms with Crippen molar-refractivity contribution in [3.05, 3.63) is 56.6 Å². The van der Waals surface area contributed by atoms with Crippen LogP contribution in [0, 0.1) is 0 Å². The normalized spacial score (nSPS) is 14.4. The zero-order valence-electron chi connectivity index (χ0n) is 33.2. The molecular formula is C38H64NiO8P2. The number of aromatic hydroxyl groups is 2. The first kappa shape index (κ1) is 47.8. The van der Waals surface area contributed by atoms with E-state index >= 15 is 0 Å². The zero-order valence-corrected chi connectivity index (χ0v) is 36.2. The summed E-state index contributed by atoms with van der Waals surface area (Å²) in [7, 11) is -6.52. The summed E-state index contributed by atoms with van der Waals surface area (Å²) in [6.07, 6.45) is 0. The van der Waals surface area contributed by atoms with E-state index in [0.29, 0.717) is 11.5 Å². The van der Waals surface area contributed by atoms with Gasteiger partial charge in [0, 0.05) is 11.1 Å². The Morgan fingerprint density at radius 1 is 0.490 bits per heavy atom. The predicted molar refractivity (Wildman–Crippen MR) is 196 cm³/mol. The minimum absolute atomic E-state index is 0. The number of benzene rings is 2. The molecule has 2 N–H and O–H groups in total. The van der Waals surface area contributed by atoms with Crippen LogP contribution in [0.25, 0.3) is 0 Å². The van der Waals surface area contributed by atoms with Crippen LogP contribution in [-0.4, -0.2) is 10.2 Å². The number of hydrogen-bond donors (Lipinski definition) is 2. The standard InChI is InChI=1S/2C19H33O4P.Ni/c2*1-17(2,3)13-10-12(11-23-24(21)22)14(18(4,5)6)15(16(13)20)19(7,8)9;/h2*10,20,24H,11H2,1-9H3,(H,21,22);/q;;+2/p-2. The van der Waals surface area contributed by atoms with Crippen LogP contribution in [0.5, 0.6) is 11.5 Å². The molecule has 2 atom stereocenters. The van der Waals surface area contributed by atoms with Crippen LogP contribution < -0.4 is 9.79 Å². The number of phenolic OH excluding ortho intramolecular Hbond substituents is 2. The third kappa shape index (κ3) is 13.1. The maximum atomic E-state index is 11.0. The molecular weight excluding hydrogens is 705 g/mol. The number of phenols is 2. The molecule has 0 amide bonds. The van der Waals surface area contributed by atoms with Crippen molar-refractivity contribution in [1.29, 1.82) is 0 Å². The van der Waals surface area contributed by atoms with Gasteiger partial charge < -0.3 is 38.2 Å². The first-order valence-corrected chi connectivity index (χ1v) is 19.1. The predicted octanol–water partition coefficient (Wildman–Crippen LogP) is 9.10. The molecule has 2 unspecified atom stereocenters. The van der Waals surface area contributed by atoms with E-state index in [1.807, 2.05) is 53.7 Å². The van der Waals surface area contributed by atoms with Gasteiger partial charge in [-0.2, -0.15) is 0 Å². The second kappa shape index (κ2) is 16.7. The Morgan fingerprint density at radius 2 is 0.714 bits per heavy atom. The van der Waals surface area contributed by atoms with Crippen molar-refractivity contribution in [2.24, 2.45) is 0 Å². The summed E-state index contributed by atoms with van der Waals surface area (Å²) in [4.78, 5) is 21.9. The van der Waals surface area contributed by atoms with Gasteiger partial charge in [-0.25, -0.2) is 0 Å². The van der Waals surface area contributed by atoms with E-state index in [9.17, 15) is 29.1 Å². The molecule has 2 rings (SSSR count). The number of rotatable bonds is 6. The minimum Gasteiger partial charge on any atom is -0.781 e. The van der Waals surface area contributed by atoms with Crippen LogP contribution in [0.3, 0.4) is 0 Å². The second-order valence-corrected chi connectivity index (χ2v) is 20.5. The van der Waals surface area contributed by atoms with Crippen molar-refractivity contribution in [3.8, 4) is 11.5 Å². The summed E-state index contributed by atoms with van der Waals surface area (Å²) in [6, 6.07) is 3.80. The van der Waals surface area contributed by atoms with Crippen LogP contribution in [0.2, 0.25) is 0 Å². The number of hydrogen-bond acceptors (Lipinski definition) is 8. The molecule has 0 fully saturated rings. The fourth-order valence-electron chi connectivity index (χ4n) is 6.27. The van der Waals surface area contributed by atoms with Crippen LogP contribution in [-0.2, 0) is 80.4 Å². The SMILES string of the molecule is CC(C)(C)c1cc(CO[PH](=O)[O-])c(C(C)(C)C)c(C(C)(C)C)c1O.CC(C)(C)c1cc(CO[PH](=O)[O-])c(C(C)(C)C)c(C(C)(C)C)c1O.[Ni+2]. The van der Waals surface area contributed by atoms with Crippen molar-refractivity contribution in [2.75, 3.05) is 0 Å².